The lowest BCUT2D eigenvalue weighted by Crippen LogP contribution is -2.17. The van der Waals surface area contributed by atoms with Crippen LogP contribution in [0, 0.1) is 0 Å². The number of benzene rings is 8. The molecule has 9 rings (SSSR count). The second-order valence-corrected chi connectivity index (χ2v) is 12.2. The molecule has 3 nitrogen and oxygen atoms in total. The standard InChI is InChI=1S/C46H32N2O/c1-5-16-33(17-6-1)35-19-15-26-39(32-35)47(36-20-7-2-8-21-36)42-30-29-41-44-40-27-14-13-18-34(40)28-31-43(44)49-46(41)45(42)48(37-22-9-3-10-23-37)38-24-11-4-12-25-38/h1-32H. The SMILES string of the molecule is c1ccc(-c2cccc(N(c3ccccc3)c3ccc4c(oc5ccc6ccccc6c54)c3N(c3ccccc3)c3ccccc3)c2)cc1. The zero-order chi connectivity index (χ0) is 32.6. The Kier molecular flexibility index (Phi) is 7.14. The van der Waals surface area contributed by atoms with E-state index in [9.17, 15) is 0 Å². The molecule has 0 spiro atoms. The number of hydrogen-bond acceptors (Lipinski definition) is 3. The summed E-state index contributed by atoms with van der Waals surface area (Å²) in [5.74, 6) is 0. The Bertz CT molecular complexity index is 2500. The molecule has 0 aliphatic rings. The van der Waals surface area contributed by atoms with Crippen molar-refractivity contribution in [2.24, 2.45) is 0 Å². The Labute approximate surface area is 285 Å². The lowest BCUT2D eigenvalue weighted by molar-refractivity contribution is 0.669. The van der Waals surface area contributed by atoms with Gasteiger partial charge in [-0.2, -0.15) is 0 Å². The fraction of sp³-hybridized carbons (Fsp3) is 0. The van der Waals surface area contributed by atoms with Crippen molar-refractivity contribution in [3.63, 3.8) is 0 Å². The first-order valence-corrected chi connectivity index (χ1v) is 16.6. The largest absolute Gasteiger partial charge is 0.454 e. The first-order valence-electron chi connectivity index (χ1n) is 16.6. The molecule has 1 heterocycles. The van der Waals surface area contributed by atoms with Crippen molar-refractivity contribution >= 4 is 66.8 Å². The Morgan fingerprint density at radius 2 is 0.918 bits per heavy atom. The molecule has 1 aromatic heterocycles. The third-order valence-electron chi connectivity index (χ3n) is 9.20. The van der Waals surface area contributed by atoms with E-state index in [2.05, 4.69) is 204 Å². The van der Waals surface area contributed by atoms with Gasteiger partial charge in [-0.05, 0) is 88.6 Å². The van der Waals surface area contributed by atoms with Crippen molar-refractivity contribution in [1.82, 2.24) is 0 Å². The summed E-state index contributed by atoms with van der Waals surface area (Å²) >= 11 is 0. The van der Waals surface area contributed by atoms with Crippen LogP contribution in [0.4, 0.5) is 34.1 Å². The number of anilines is 6. The average Bonchev–Trinajstić information content (AvgIpc) is 3.57. The number of hydrogen-bond donors (Lipinski definition) is 0. The van der Waals surface area contributed by atoms with Crippen molar-refractivity contribution in [2.75, 3.05) is 9.80 Å². The van der Waals surface area contributed by atoms with Crippen LogP contribution in [-0.4, -0.2) is 0 Å². The number of para-hydroxylation sites is 3. The van der Waals surface area contributed by atoms with Gasteiger partial charge in [-0.25, -0.2) is 0 Å². The number of fused-ring (bicyclic) bond motifs is 5. The molecule has 0 bridgehead atoms. The maximum Gasteiger partial charge on any atom is 0.161 e. The van der Waals surface area contributed by atoms with Crippen molar-refractivity contribution in [2.45, 2.75) is 0 Å². The molecule has 9 aromatic rings. The van der Waals surface area contributed by atoms with Crippen LogP contribution in [0.3, 0.4) is 0 Å². The molecule has 0 fully saturated rings. The van der Waals surface area contributed by atoms with Gasteiger partial charge in [-0.1, -0.05) is 127 Å². The minimum atomic E-state index is 0.830. The van der Waals surface area contributed by atoms with Crippen LogP contribution in [0.15, 0.2) is 199 Å². The van der Waals surface area contributed by atoms with Gasteiger partial charge >= 0.3 is 0 Å². The molecule has 0 radical (unpaired) electrons. The molecule has 0 amide bonds. The maximum absolute atomic E-state index is 7.00. The van der Waals surface area contributed by atoms with Gasteiger partial charge in [0.05, 0.1) is 5.69 Å². The van der Waals surface area contributed by atoms with E-state index in [-0.39, 0.29) is 0 Å². The predicted octanol–water partition coefficient (Wildman–Crippen LogP) is 13.3. The van der Waals surface area contributed by atoms with Gasteiger partial charge < -0.3 is 14.2 Å². The molecule has 8 aromatic carbocycles. The Morgan fingerprint density at radius 3 is 1.59 bits per heavy atom. The molecule has 0 N–H and O–H groups in total. The Morgan fingerprint density at radius 1 is 0.367 bits per heavy atom. The van der Waals surface area contributed by atoms with Crippen LogP contribution < -0.4 is 9.80 Å². The van der Waals surface area contributed by atoms with Gasteiger partial charge in [-0.15, -0.1) is 0 Å². The van der Waals surface area contributed by atoms with Gasteiger partial charge in [-0.3, -0.25) is 0 Å². The zero-order valence-electron chi connectivity index (χ0n) is 26.8. The molecule has 49 heavy (non-hydrogen) atoms. The zero-order valence-corrected chi connectivity index (χ0v) is 26.8. The topological polar surface area (TPSA) is 19.6 Å². The van der Waals surface area contributed by atoms with E-state index in [1.807, 2.05) is 0 Å². The third kappa shape index (κ3) is 5.09. The highest BCUT2D eigenvalue weighted by Crippen LogP contribution is 2.51. The molecule has 0 aliphatic heterocycles. The van der Waals surface area contributed by atoms with Crippen molar-refractivity contribution in [3.8, 4) is 11.1 Å². The summed E-state index contributed by atoms with van der Waals surface area (Å²) in [6.45, 7) is 0. The lowest BCUT2D eigenvalue weighted by atomic mass is 10.0. The molecule has 0 unspecified atom stereocenters. The van der Waals surface area contributed by atoms with Crippen LogP contribution in [-0.2, 0) is 0 Å². The highest BCUT2D eigenvalue weighted by molar-refractivity contribution is 6.22. The van der Waals surface area contributed by atoms with Crippen LogP contribution >= 0.6 is 0 Å². The Balaban J connectivity index is 1.40. The summed E-state index contributed by atoms with van der Waals surface area (Å²) in [5, 5.41) is 4.57. The molecule has 0 saturated carbocycles. The predicted molar refractivity (Wildman–Crippen MR) is 206 cm³/mol. The maximum atomic E-state index is 7.00. The molecule has 3 heteroatoms. The summed E-state index contributed by atoms with van der Waals surface area (Å²) in [6, 6.07) is 68.4. The second kappa shape index (κ2) is 12.2. The van der Waals surface area contributed by atoms with Gasteiger partial charge in [0.25, 0.3) is 0 Å². The van der Waals surface area contributed by atoms with E-state index in [0.29, 0.717) is 0 Å². The minimum Gasteiger partial charge on any atom is -0.454 e. The Hall–Kier alpha value is -6.58. The number of nitrogens with zero attached hydrogens (tertiary/aromatic N) is 2. The van der Waals surface area contributed by atoms with Gasteiger partial charge in [0.15, 0.2) is 5.58 Å². The summed E-state index contributed by atoms with van der Waals surface area (Å²) in [5.41, 5.74) is 10.2. The number of furan rings is 1. The van der Waals surface area contributed by atoms with E-state index >= 15 is 0 Å². The van der Waals surface area contributed by atoms with E-state index < -0.39 is 0 Å². The summed E-state index contributed by atoms with van der Waals surface area (Å²) in [6.07, 6.45) is 0. The van der Waals surface area contributed by atoms with Crippen molar-refractivity contribution < 1.29 is 4.42 Å². The van der Waals surface area contributed by atoms with Gasteiger partial charge in [0.1, 0.15) is 11.3 Å². The van der Waals surface area contributed by atoms with Gasteiger partial charge in [0.2, 0.25) is 0 Å². The first kappa shape index (κ1) is 28.6. The fourth-order valence-electron chi connectivity index (χ4n) is 7.00. The van der Waals surface area contributed by atoms with Crippen LogP contribution in [0.5, 0.6) is 0 Å². The fourth-order valence-corrected chi connectivity index (χ4v) is 7.00. The highest BCUT2D eigenvalue weighted by Gasteiger charge is 2.27. The normalized spacial score (nSPS) is 11.3. The highest BCUT2D eigenvalue weighted by atomic mass is 16.3. The van der Waals surface area contributed by atoms with Crippen LogP contribution in [0.2, 0.25) is 0 Å². The lowest BCUT2D eigenvalue weighted by Gasteiger charge is -2.33. The summed E-state index contributed by atoms with van der Waals surface area (Å²) in [7, 11) is 0. The number of rotatable bonds is 7. The van der Waals surface area contributed by atoms with Crippen LogP contribution in [0.25, 0.3) is 43.8 Å². The summed E-state index contributed by atoms with van der Waals surface area (Å²) < 4.78 is 7.00. The smallest absolute Gasteiger partial charge is 0.161 e. The van der Waals surface area contributed by atoms with Gasteiger partial charge in [0, 0.05) is 33.5 Å². The molecular weight excluding hydrogens is 597 g/mol. The minimum absolute atomic E-state index is 0.830. The third-order valence-corrected chi connectivity index (χ3v) is 9.20. The molecular formula is C46H32N2O. The van der Waals surface area contributed by atoms with Crippen molar-refractivity contribution in [3.05, 3.63) is 194 Å². The molecule has 0 atom stereocenters. The quantitative estimate of drug-likeness (QED) is 0.175. The average molecular weight is 629 g/mol. The molecule has 232 valence electrons. The van der Waals surface area contributed by atoms with E-state index in [4.69, 9.17) is 4.42 Å². The monoisotopic (exact) mass is 628 g/mol. The first-order chi connectivity index (χ1) is 24.3. The molecule has 0 saturated heterocycles. The van der Waals surface area contributed by atoms with E-state index in [0.717, 1.165) is 61.6 Å². The second-order valence-electron chi connectivity index (χ2n) is 12.2. The van der Waals surface area contributed by atoms with E-state index in [1.54, 1.807) is 0 Å². The van der Waals surface area contributed by atoms with E-state index in [1.165, 1.54) is 16.3 Å². The molecule has 0 aliphatic carbocycles. The van der Waals surface area contributed by atoms with Crippen LogP contribution in [0.1, 0.15) is 0 Å². The summed E-state index contributed by atoms with van der Waals surface area (Å²) in [4.78, 5) is 4.69. The van der Waals surface area contributed by atoms with Crippen molar-refractivity contribution in [1.29, 1.82) is 0 Å².